The molecule has 0 saturated heterocycles. The van der Waals surface area contributed by atoms with Crippen molar-refractivity contribution < 1.29 is 4.74 Å². The van der Waals surface area contributed by atoms with E-state index in [4.69, 9.17) is 21.6 Å². The maximum atomic E-state index is 11.1. The molecule has 0 unspecified atom stereocenters. The Morgan fingerprint density at radius 3 is 2.89 bits per heavy atom. The molecule has 0 bridgehead atoms. The maximum absolute atomic E-state index is 11.1. The molecule has 0 aliphatic heterocycles. The van der Waals surface area contributed by atoms with E-state index in [1.54, 1.807) is 18.2 Å². The van der Waals surface area contributed by atoms with Crippen LogP contribution in [0.1, 0.15) is 5.56 Å². The highest BCUT2D eigenvalue weighted by Crippen LogP contribution is 2.32. The van der Waals surface area contributed by atoms with Crippen LogP contribution in [-0.4, -0.2) is 17.3 Å². The number of hydrogen-bond acceptors (Lipinski definition) is 4. The van der Waals surface area contributed by atoms with Crippen LogP contribution in [0.4, 0.5) is 0 Å². The van der Waals surface area contributed by atoms with Gasteiger partial charge in [0.25, 0.3) is 5.56 Å². The summed E-state index contributed by atoms with van der Waals surface area (Å²) in [4.78, 5) is 11.1. The van der Waals surface area contributed by atoms with Crippen LogP contribution in [0.3, 0.4) is 0 Å². The van der Waals surface area contributed by atoms with Crippen LogP contribution < -0.4 is 10.3 Å². The van der Waals surface area contributed by atoms with Crippen LogP contribution >= 0.6 is 11.6 Å². The lowest BCUT2D eigenvalue weighted by molar-refractivity contribution is 0.416. The summed E-state index contributed by atoms with van der Waals surface area (Å²) in [7, 11) is 1.50. The minimum Gasteiger partial charge on any atom is -0.496 e. The number of nitrogens with one attached hydrogen (secondary N) is 1. The van der Waals surface area contributed by atoms with Gasteiger partial charge in [-0.3, -0.25) is 4.79 Å². The molecule has 90 valence electrons. The summed E-state index contributed by atoms with van der Waals surface area (Å²) < 4.78 is 5.18. The van der Waals surface area contributed by atoms with Crippen LogP contribution in [0.5, 0.6) is 5.75 Å². The van der Waals surface area contributed by atoms with Gasteiger partial charge in [-0.2, -0.15) is 10.4 Å². The van der Waals surface area contributed by atoms with E-state index in [1.165, 1.54) is 13.2 Å². The molecule has 0 radical (unpaired) electrons. The van der Waals surface area contributed by atoms with E-state index < -0.39 is 5.56 Å². The number of nitriles is 1. The van der Waals surface area contributed by atoms with Crippen LogP contribution in [0.25, 0.3) is 11.3 Å². The van der Waals surface area contributed by atoms with Crippen LogP contribution in [0, 0.1) is 11.3 Å². The van der Waals surface area contributed by atoms with E-state index in [2.05, 4.69) is 10.2 Å². The van der Waals surface area contributed by atoms with Crippen LogP contribution in [0.2, 0.25) is 5.02 Å². The Labute approximate surface area is 108 Å². The lowest BCUT2D eigenvalue weighted by Crippen LogP contribution is -2.09. The fourth-order valence-electron chi connectivity index (χ4n) is 1.56. The molecule has 1 aromatic heterocycles. The Balaban J connectivity index is 2.73. The SMILES string of the molecule is COc1ccc(Cl)cc1-c1n[nH]c(=O)cc1C#N. The van der Waals surface area contributed by atoms with Crippen molar-refractivity contribution in [2.24, 2.45) is 0 Å². The molecule has 0 fully saturated rings. The molecule has 1 aromatic carbocycles. The largest absolute Gasteiger partial charge is 0.496 e. The summed E-state index contributed by atoms with van der Waals surface area (Å²) >= 11 is 5.91. The zero-order valence-electron chi connectivity index (χ0n) is 9.40. The first-order chi connectivity index (χ1) is 8.65. The molecule has 0 saturated carbocycles. The maximum Gasteiger partial charge on any atom is 0.265 e. The van der Waals surface area contributed by atoms with Crippen molar-refractivity contribution in [3.8, 4) is 23.1 Å². The van der Waals surface area contributed by atoms with E-state index in [0.29, 0.717) is 22.0 Å². The summed E-state index contributed by atoms with van der Waals surface area (Å²) in [6.45, 7) is 0. The average molecular weight is 262 g/mol. The molecule has 2 aromatic rings. The fourth-order valence-corrected chi connectivity index (χ4v) is 1.73. The first-order valence-electron chi connectivity index (χ1n) is 4.99. The van der Waals surface area contributed by atoms with Crippen LogP contribution in [0.15, 0.2) is 29.1 Å². The van der Waals surface area contributed by atoms with E-state index in [9.17, 15) is 4.79 Å². The lowest BCUT2D eigenvalue weighted by Gasteiger charge is -2.08. The molecule has 18 heavy (non-hydrogen) atoms. The highest BCUT2D eigenvalue weighted by Gasteiger charge is 2.13. The highest BCUT2D eigenvalue weighted by molar-refractivity contribution is 6.31. The van der Waals surface area contributed by atoms with Crippen molar-refractivity contribution in [1.29, 1.82) is 5.26 Å². The van der Waals surface area contributed by atoms with E-state index in [0.717, 1.165) is 0 Å². The van der Waals surface area contributed by atoms with Crippen molar-refractivity contribution in [3.63, 3.8) is 0 Å². The summed E-state index contributed by atoms with van der Waals surface area (Å²) in [5.74, 6) is 0.524. The first kappa shape index (κ1) is 12.1. The summed E-state index contributed by atoms with van der Waals surface area (Å²) in [5, 5.41) is 15.7. The minimum atomic E-state index is -0.434. The predicted molar refractivity (Wildman–Crippen MR) is 66.6 cm³/mol. The zero-order valence-corrected chi connectivity index (χ0v) is 10.2. The molecule has 0 aliphatic carbocycles. The van der Waals surface area contributed by atoms with Crippen LogP contribution in [-0.2, 0) is 0 Å². The van der Waals surface area contributed by atoms with E-state index >= 15 is 0 Å². The van der Waals surface area contributed by atoms with Gasteiger partial charge in [0, 0.05) is 16.7 Å². The molecule has 1 N–H and O–H groups in total. The molecular formula is C12H8ClN3O2. The topological polar surface area (TPSA) is 78.8 Å². The zero-order chi connectivity index (χ0) is 13.1. The Bertz CT molecular complexity index is 688. The van der Waals surface area contributed by atoms with Gasteiger partial charge in [0.15, 0.2) is 0 Å². The van der Waals surface area contributed by atoms with Gasteiger partial charge in [-0.25, -0.2) is 5.10 Å². The molecule has 0 aliphatic rings. The molecule has 0 spiro atoms. The third kappa shape index (κ3) is 2.19. The average Bonchev–Trinajstić information content (AvgIpc) is 2.38. The van der Waals surface area contributed by atoms with Crippen molar-refractivity contribution in [1.82, 2.24) is 10.2 Å². The fraction of sp³-hybridized carbons (Fsp3) is 0.0833. The standard InChI is InChI=1S/C12H8ClN3O2/c1-18-10-3-2-8(13)5-9(10)12-7(6-14)4-11(17)15-16-12/h2-5H,1H3,(H,15,17). The van der Waals surface area contributed by atoms with Gasteiger partial charge in [0.05, 0.1) is 12.7 Å². The second-order valence-corrected chi connectivity index (χ2v) is 3.89. The van der Waals surface area contributed by atoms with Crippen molar-refractivity contribution in [2.75, 3.05) is 7.11 Å². The van der Waals surface area contributed by atoms with E-state index in [-0.39, 0.29) is 5.56 Å². The van der Waals surface area contributed by atoms with Crippen molar-refractivity contribution in [2.45, 2.75) is 0 Å². The molecule has 6 heteroatoms. The minimum absolute atomic E-state index is 0.166. The number of nitrogens with zero attached hydrogens (tertiary/aromatic N) is 2. The molecule has 2 rings (SSSR count). The normalized spacial score (nSPS) is 9.83. The van der Waals surface area contributed by atoms with Crippen molar-refractivity contribution in [3.05, 3.63) is 45.2 Å². The molecule has 5 nitrogen and oxygen atoms in total. The summed E-state index contributed by atoms with van der Waals surface area (Å²) in [6, 6.07) is 8.08. The predicted octanol–water partition coefficient (Wildman–Crippen LogP) is 1.97. The number of aromatic amines is 1. The van der Waals surface area contributed by atoms with Gasteiger partial charge < -0.3 is 4.74 Å². The van der Waals surface area contributed by atoms with Gasteiger partial charge >= 0.3 is 0 Å². The van der Waals surface area contributed by atoms with Gasteiger partial charge in [0.2, 0.25) is 0 Å². The van der Waals surface area contributed by atoms with E-state index in [1.807, 2.05) is 6.07 Å². The Hall–Kier alpha value is -2.32. The Kier molecular flexibility index (Phi) is 3.31. The highest BCUT2D eigenvalue weighted by atomic mass is 35.5. The number of halogens is 1. The number of methoxy groups -OCH3 is 1. The summed E-state index contributed by atoms with van der Waals surface area (Å²) in [5.41, 5.74) is 0.616. The quantitative estimate of drug-likeness (QED) is 0.896. The van der Waals surface area contributed by atoms with Gasteiger partial charge in [-0.1, -0.05) is 11.6 Å². The number of H-pyrrole nitrogens is 1. The molecular weight excluding hydrogens is 254 g/mol. The van der Waals surface area contributed by atoms with Gasteiger partial charge in [-0.05, 0) is 18.2 Å². The third-order valence-corrected chi connectivity index (χ3v) is 2.58. The van der Waals surface area contributed by atoms with Gasteiger partial charge in [-0.15, -0.1) is 0 Å². The Morgan fingerprint density at radius 2 is 2.22 bits per heavy atom. The Morgan fingerprint density at radius 1 is 1.44 bits per heavy atom. The molecule has 0 atom stereocenters. The monoisotopic (exact) mass is 261 g/mol. The van der Waals surface area contributed by atoms with Crippen molar-refractivity contribution >= 4 is 11.6 Å². The third-order valence-electron chi connectivity index (χ3n) is 2.35. The summed E-state index contributed by atoms with van der Waals surface area (Å²) in [6.07, 6.45) is 0. The number of benzene rings is 1. The second kappa shape index (κ2) is 4.90. The smallest absolute Gasteiger partial charge is 0.265 e. The molecule has 0 amide bonds. The van der Waals surface area contributed by atoms with Gasteiger partial charge in [0.1, 0.15) is 17.5 Å². The number of hydrogen-bond donors (Lipinski definition) is 1. The number of rotatable bonds is 2. The first-order valence-corrected chi connectivity index (χ1v) is 5.37. The second-order valence-electron chi connectivity index (χ2n) is 3.45. The number of aromatic nitrogens is 2. The lowest BCUT2D eigenvalue weighted by atomic mass is 10.1. The number of ether oxygens (including phenoxy) is 1. The molecule has 1 heterocycles.